The lowest BCUT2D eigenvalue weighted by Crippen LogP contribution is -2.58. The summed E-state index contributed by atoms with van der Waals surface area (Å²) < 4.78 is 14.3. The number of ether oxygens (including phenoxy) is 2. The van der Waals surface area contributed by atoms with Gasteiger partial charge in [-0.15, -0.1) is 0 Å². The van der Waals surface area contributed by atoms with Crippen LogP contribution in [0.15, 0.2) is 146 Å². The van der Waals surface area contributed by atoms with Gasteiger partial charge in [0.25, 0.3) is 13.4 Å². The van der Waals surface area contributed by atoms with Gasteiger partial charge < -0.3 is 9.47 Å². The second-order valence-corrected chi connectivity index (χ2v) is 21.4. The number of hydrogen-bond acceptors (Lipinski definition) is 2. The van der Waals surface area contributed by atoms with Crippen LogP contribution < -0.4 is 42.3 Å². The Kier molecular flexibility index (Phi) is 8.40. The van der Waals surface area contributed by atoms with Gasteiger partial charge in [-0.2, -0.15) is 0 Å². The topological polar surface area (TPSA) is 18.5 Å². The van der Waals surface area contributed by atoms with Crippen molar-refractivity contribution < 1.29 is 9.47 Å². The Balaban J connectivity index is 1.22. The SMILES string of the molecule is CC(C)c1ccc2c(c1)Oc1cc(C(C)C)cc3c1B2c1cc2c(-c4ccccc4)cc4c5c(cc6c(-c7ccccc7)cc-3c1c6c25)B1c2ccc(C(C)C)cc2Oc2cc(C(C)C)cc-4c21. The third kappa shape index (κ3) is 5.43. The van der Waals surface area contributed by atoms with E-state index in [1.54, 1.807) is 0 Å². The van der Waals surface area contributed by atoms with Crippen molar-refractivity contribution in [1.82, 2.24) is 0 Å². The van der Waals surface area contributed by atoms with E-state index in [9.17, 15) is 0 Å². The Hall–Kier alpha value is -7.03. The fourth-order valence-electron chi connectivity index (χ4n) is 12.7. The van der Waals surface area contributed by atoms with Crippen molar-refractivity contribution in [2.45, 2.75) is 79.1 Å². The number of benzene rings is 10. The summed E-state index contributed by atoms with van der Waals surface area (Å²) in [6.45, 7) is 18.4. The molecule has 0 amide bonds. The highest BCUT2D eigenvalue weighted by atomic mass is 16.5. The molecule has 68 heavy (non-hydrogen) atoms. The van der Waals surface area contributed by atoms with Crippen LogP contribution in [0.25, 0.3) is 76.8 Å². The van der Waals surface area contributed by atoms with Crippen LogP contribution in [0.1, 0.15) is 101 Å². The molecule has 0 N–H and O–H groups in total. The van der Waals surface area contributed by atoms with Gasteiger partial charge in [0, 0.05) is 0 Å². The first-order valence-corrected chi connectivity index (χ1v) is 25.0. The minimum absolute atomic E-state index is 0.00191. The van der Waals surface area contributed by atoms with Crippen molar-refractivity contribution in [3.8, 4) is 67.5 Å². The zero-order chi connectivity index (χ0) is 46.0. The van der Waals surface area contributed by atoms with E-state index >= 15 is 0 Å². The molecule has 0 saturated heterocycles. The molecular weight excluding hydrogens is 822 g/mol. The van der Waals surface area contributed by atoms with Crippen molar-refractivity contribution in [3.63, 3.8) is 0 Å². The lowest BCUT2D eigenvalue weighted by molar-refractivity contribution is 0.485. The standard InChI is InChI=1S/C64H52B2O2/c1-33(2)39-19-21-51-55(25-39)67-57-27-41(35(5)6)23-49-45-29-44(38-17-13-10-14-18-38)48-32-54-60-46(30-43(37-15-11-9-12-16-37)47-31-53(65(51)63(49)57)59(45)61(48)62(47)60)50-24-42(36(7)8)28-58-64(50)66(54)52-22-20-40(34(3)4)26-56(52)68-58/h9-36H,1-8H3. The van der Waals surface area contributed by atoms with Crippen molar-refractivity contribution in [2.24, 2.45) is 0 Å². The van der Waals surface area contributed by atoms with Gasteiger partial charge in [0.15, 0.2) is 0 Å². The molecule has 0 unspecified atom stereocenters. The summed E-state index contributed by atoms with van der Waals surface area (Å²) in [5.74, 6) is 5.37. The van der Waals surface area contributed by atoms with Gasteiger partial charge in [0.05, 0.1) is 0 Å². The number of rotatable bonds is 6. The molecule has 0 radical (unpaired) electrons. The lowest BCUT2D eigenvalue weighted by Gasteiger charge is -2.38. The third-order valence-electron chi connectivity index (χ3n) is 16.2. The molecule has 326 valence electrons. The zero-order valence-corrected chi connectivity index (χ0v) is 40.1. The maximum Gasteiger partial charge on any atom is 0.252 e. The van der Waals surface area contributed by atoms with E-state index in [0.717, 1.165) is 23.0 Å². The molecule has 4 heteroatoms. The monoisotopic (exact) mass is 874 g/mol. The number of hydrogen-bond donors (Lipinski definition) is 0. The van der Waals surface area contributed by atoms with Crippen LogP contribution in [0.4, 0.5) is 0 Å². The van der Waals surface area contributed by atoms with E-state index in [-0.39, 0.29) is 13.4 Å². The second kappa shape index (κ2) is 14.3. The van der Waals surface area contributed by atoms with Crippen LogP contribution in [0.3, 0.4) is 0 Å². The molecule has 4 aliphatic heterocycles. The Morgan fingerprint density at radius 2 is 0.691 bits per heavy atom. The van der Waals surface area contributed by atoms with E-state index in [1.165, 1.54) is 132 Å². The zero-order valence-electron chi connectivity index (χ0n) is 40.1. The van der Waals surface area contributed by atoms with E-state index < -0.39 is 0 Å². The molecule has 0 saturated carbocycles. The van der Waals surface area contributed by atoms with Crippen LogP contribution in [-0.2, 0) is 0 Å². The molecule has 0 spiro atoms. The molecular formula is C64H52B2O2. The maximum absolute atomic E-state index is 7.15. The van der Waals surface area contributed by atoms with Crippen LogP contribution in [0.2, 0.25) is 0 Å². The fraction of sp³-hybridized carbons (Fsp3) is 0.188. The molecule has 0 atom stereocenters. The molecule has 10 aromatic rings. The fourth-order valence-corrected chi connectivity index (χ4v) is 12.7. The Bertz CT molecular complexity index is 3560. The van der Waals surface area contributed by atoms with Crippen LogP contribution >= 0.6 is 0 Å². The number of fused-ring (bicyclic) bond motifs is 8. The van der Waals surface area contributed by atoms with Crippen LogP contribution in [-0.4, -0.2) is 13.4 Å². The van der Waals surface area contributed by atoms with Crippen molar-refractivity contribution >= 4 is 78.5 Å². The summed E-state index contributed by atoms with van der Waals surface area (Å²) in [6.07, 6.45) is 0. The average molecular weight is 875 g/mol. The van der Waals surface area contributed by atoms with E-state index in [1.807, 2.05) is 0 Å². The first-order chi connectivity index (χ1) is 33.0. The predicted molar refractivity (Wildman–Crippen MR) is 291 cm³/mol. The highest BCUT2D eigenvalue weighted by Gasteiger charge is 2.45. The highest BCUT2D eigenvalue weighted by molar-refractivity contribution is 7.01. The molecule has 0 bridgehead atoms. The Labute approximate surface area is 400 Å². The summed E-state index contributed by atoms with van der Waals surface area (Å²) in [4.78, 5) is 0. The second-order valence-electron chi connectivity index (χ2n) is 21.4. The van der Waals surface area contributed by atoms with Gasteiger partial charge in [-0.05, 0) is 181 Å². The summed E-state index contributed by atoms with van der Waals surface area (Å²) in [7, 11) is 0. The van der Waals surface area contributed by atoms with E-state index in [4.69, 9.17) is 9.47 Å². The van der Waals surface area contributed by atoms with E-state index in [2.05, 4.69) is 201 Å². The van der Waals surface area contributed by atoms with Gasteiger partial charge in [0.1, 0.15) is 23.0 Å². The van der Waals surface area contributed by atoms with Crippen molar-refractivity contribution in [1.29, 1.82) is 0 Å². The normalized spacial score (nSPS) is 13.7. The predicted octanol–water partition coefficient (Wildman–Crippen LogP) is 13.6. The van der Waals surface area contributed by atoms with Gasteiger partial charge in [-0.25, -0.2) is 0 Å². The summed E-state index contributed by atoms with van der Waals surface area (Å²) in [6, 6.07) is 56.4. The molecule has 14 rings (SSSR count). The van der Waals surface area contributed by atoms with Gasteiger partial charge >= 0.3 is 0 Å². The molecule has 4 heterocycles. The van der Waals surface area contributed by atoms with Crippen molar-refractivity contribution in [3.05, 3.63) is 168 Å². The first kappa shape index (κ1) is 40.1. The minimum atomic E-state index is -0.00191. The molecule has 0 aliphatic carbocycles. The summed E-state index contributed by atoms with van der Waals surface area (Å²) in [5.41, 5.74) is 23.2. The van der Waals surface area contributed by atoms with Gasteiger partial charge in [-0.1, -0.05) is 176 Å². The van der Waals surface area contributed by atoms with Gasteiger partial charge in [-0.3, -0.25) is 0 Å². The summed E-state index contributed by atoms with van der Waals surface area (Å²) >= 11 is 0. The van der Waals surface area contributed by atoms with E-state index in [0.29, 0.717) is 23.7 Å². The maximum atomic E-state index is 7.15. The van der Waals surface area contributed by atoms with Crippen LogP contribution in [0, 0.1) is 0 Å². The lowest BCUT2D eigenvalue weighted by atomic mass is 9.31. The molecule has 0 aromatic heterocycles. The van der Waals surface area contributed by atoms with Crippen molar-refractivity contribution in [2.75, 3.05) is 0 Å². The highest BCUT2D eigenvalue weighted by Crippen LogP contribution is 2.51. The largest absolute Gasteiger partial charge is 0.458 e. The molecule has 0 fully saturated rings. The third-order valence-corrected chi connectivity index (χ3v) is 16.2. The first-order valence-electron chi connectivity index (χ1n) is 25.0. The molecule has 2 nitrogen and oxygen atoms in total. The smallest absolute Gasteiger partial charge is 0.252 e. The average Bonchev–Trinajstić information content (AvgIpc) is 3.35. The summed E-state index contributed by atoms with van der Waals surface area (Å²) in [5, 5.41) is 8.09. The Morgan fingerprint density at radius 1 is 0.309 bits per heavy atom. The Morgan fingerprint density at radius 3 is 1.07 bits per heavy atom. The van der Waals surface area contributed by atoms with Crippen LogP contribution in [0.5, 0.6) is 23.0 Å². The minimum Gasteiger partial charge on any atom is -0.458 e. The molecule has 4 aliphatic rings. The molecule has 10 aromatic carbocycles. The van der Waals surface area contributed by atoms with Gasteiger partial charge in [0.2, 0.25) is 0 Å². The quantitative estimate of drug-likeness (QED) is 0.122.